The lowest BCUT2D eigenvalue weighted by molar-refractivity contribution is 0.422. The Balaban J connectivity index is 1.84. The van der Waals surface area contributed by atoms with Gasteiger partial charge in [0.25, 0.3) is 0 Å². The first kappa shape index (κ1) is 22.8. The summed E-state index contributed by atoms with van der Waals surface area (Å²) in [6.45, 7) is 2.42. The van der Waals surface area contributed by atoms with Gasteiger partial charge in [0, 0.05) is 29.5 Å². The minimum atomic E-state index is -3.76. The molecule has 0 saturated carbocycles. The predicted octanol–water partition coefficient (Wildman–Crippen LogP) is 5.61. The quantitative estimate of drug-likeness (QED) is 0.199. The van der Waals surface area contributed by atoms with E-state index in [4.69, 9.17) is 5.53 Å². The summed E-state index contributed by atoms with van der Waals surface area (Å²) in [4.78, 5) is 3.07. The number of nitrogens with zero attached hydrogens (tertiary/aromatic N) is 4. The zero-order chi connectivity index (χ0) is 23.3. The van der Waals surface area contributed by atoms with Gasteiger partial charge in [-0.2, -0.15) is 4.31 Å². The third-order valence-electron chi connectivity index (χ3n) is 6.24. The standard InChI is InChI=1S/C26H26N4O2S/c1-21-14-16-25(17-15-21)33(31,32)30-20-26(22-9-4-2-5-10-22,23-11-6-3-7-12-23)19-24(30)13-8-18-28-29-27/h2-17,24H,18-20H2,1H3/b13-8+. The van der Waals surface area contributed by atoms with Crippen LogP contribution in [0.25, 0.3) is 10.4 Å². The summed E-state index contributed by atoms with van der Waals surface area (Å²) >= 11 is 0. The van der Waals surface area contributed by atoms with Crippen molar-refractivity contribution in [3.8, 4) is 0 Å². The van der Waals surface area contributed by atoms with Gasteiger partial charge in [-0.25, -0.2) is 8.42 Å². The highest BCUT2D eigenvalue weighted by molar-refractivity contribution is 7.89. The van der Waals surface area contributed by atoms with Crippen molar-refractivity contribution in [3.63, 3.8) is 0 Å². The van der Waals surface area contributed by atoms with Crippen LogP contribution >= 0.6 is 0 Å². The molecule has 1 aliphatic rings. The summed E-state index contributed by atoms with van der Waals surface area (Å²) in [5, 5.41) is 3.57. The van der Waals surface area contributed by atoms with Crippen molar-refractivity contribution >= 4 is 10.0 Å². The van der Waals surface area contributed by atoms with Gasteiger partial charge in [-0.05, 0) is 42.1 Å². The third-order valence-corrected chi connectivity index (χ3v) is 8.13. The Kier molecular flexibility index (Phi) is 6.65. The van der Waals surface area contributed by atoms with Crippen molar-refractivity contribution in [2.45, 2.75) is 29.7 Å². The van der Waals surface area contributed by atoms with Crippen molar-refractivity contribution in [1.82, 2.24) is 4.31 Å². The Morgan fingerprint density at radius 3 is 2.12 bits per heavy atom. The molecule has 6 nitrogen and oxygen atoms in total. The van der Waals surface area contributed by atoms with E-state index in [0.29, 0.717) is 13.0 Å². The molecule has 0 aromatic heterocycles. The van der Waals surface area contributed by atoms with Crippen LogP contribution < -0.4 is 0 Å². The third kappa shape index (κ3) is 4.57. The molecular formula is C26H26N4O2S. The van der Waals surface area contributed by atoms with Gasteiger partial charge >= 0.3 is 0 Å². The topological polar surface area (TPSA) is 86.1 Å². The van der Waals surface area contributed by atoms with Crippen molar-refractivity contribution in [3.05, 3.63) is 124 Å². The van der Waals surface area contributed by atoms with Gasteiger partial charge in [-0.15, -0.1) is 0 Å². The molecule has 7 heteroatoms. The molecule has 0 radical (unpaired) electrons. The lowest BCUT2D eigenvalue weighted by Gasteiger charge is -2.30. The second-order valence-corrected chi connectivity index (χ2v) is 10.2. The molecule has 1 heterocycles. The van der Waals surface area contributed by atoms with Crippen molar-refractivity contribution < 1.29 is 8.42 Å². The molecule has 0 N–H and O–H groups in total. The van der Waals surface area contributed by atoms with Crippen LogP contribution in [0.5, 0.6) is 0 Å². The van der Waals surface area contributed by atoms with E-state index < -0.39 is 15.4 Å². The van der Waals surface area contributed by atoms with E-state index in [0.717, 1.165) is 16.7 Å². The smallest absolute Gasteiger partial charge is 0.207 e. The highest BCUT2D eigenvalue weighted by Gasteiger charge is 2.49. The van der Waals surface area contributed by atoms with Crippen molar-refractivity contribution in [2.24, 2.45) is 5.11 Å². The van der Waals surface area contributed by atoms with Crippen LogP contribution in [0.2, 0.25) is 0 Å². The lowest BCUT2D eigenvalue weighted by atomic mass is 9.73. The van der Waals surface area contributed by atoms with E-state index in [1.165, 1.54) is 0 Å². The van der Waals surface area contributed by atoms with Crippen LogP contribution in [-0.4, -0.2) is 31.9 Å². The molecule has 1 unspecified atom stereocenters. The van der Waals surface area contributed by atoms with E-state index in [2.05, 4.69) is 34.3 Å². The predicted molar refractivity (Wildman–Crippen MR) is 130 cm³/mol. The van der Waals surface area contributed by atoms with E-state index >= 15 is 0 Å². The Hall–Kier alpha value is -3.38. The molecule has 0 spiro atoms. The molecule has 168 valence electrons. The molecule has 33 heavy (non-hydrogen) atoms. The van der Waals surface area contributed by atoms with Crippen LogP contribution in [0, 0.1) is 6.92 Å². The van der Waals surface area contributed by atoms with E-state index in [1.807, 2.05) is 61.5 Å². The second-order valence-electron chi connectivity index (χ2n) is 8.29. The molecular weight excluding hydrogens is 432 g/mol. The summed E-state index contributed by atoms with van der Waals surface area (Å²) < 4.78 is 29.2. The zero-order valence-electron chi connectivity index (χ0n) is 18.4. The molecule has 4 rings (SSSR count). The molecule has 0 amide bonds. The first-order chi connectivity index (χ1) is 16.0. The van der Waals surface area contributed by atoms with E-state index in [1.54, 1.807) is 22.5 Å². The van der Waals surface area contributed by atoms with Crippen LogP contribution in [-0.2, 0) is 15.4 Å². The maximum Gasteiger partial charge on any atom is 0.243 e. The highest BCUT2D eigenvalue weighted by Crippen LogP contribution is 2.45. The lowest BCUT2D eigenvalue weighted by Crippen LogP contribution is -2.37. The number of hydrogen-bond donors (Lipinski definition) is 0. The number of azide groups is 1. The first-order valence-electron chi connectivity index (χ1n) is 10.8. The second kappa shape index (κ2) is 9.63. The number of benzene rings is 3. The number of hydrogen-bond acceptors (Lipinski definition) is 3. The first-order valence-corrected chi connectivity index (χ1v) is 12.3. The average Bonchev–Trinajstić information content (AvgIpc) is 3.25. The molecule has 3 aromatic rings. The van der Waals surface area contributed by atoms with Crippen molar-refractivity contribution in [2.75, 3.05) is 13.1 Å². The fraction of sp³-hybridized carbons (Fsp3) is 0.231. The summed E-state index contributed by atoms with van der Waals surface area (Å²) in [5.74, 6) is 0. The number of aryl methyl sites for hydroxylation is 1. The summed E-state index contributed by atoms with van der Waals surface area (Å²) in [7, 11) is -3.76. The van der Waals surface area contributed by atoms with Crippen LogP contribution in [0.4, 0.5) is 0 Å². The largest absolute Gasteiger partial charge is 0.243 e. The minimum Gasteiger partial charge on any atom is -0.207 e. The highest BCUT2D eigenvalue weighted by atomic mass is 32.2. The summed E-state index contributed by atoms with van der Waals surface area (Å²) in [5.41, 5.74) is 11.3. The van der Waals surface area contributed by atoms with Gasteiger partial charge < -0.3 is 0 Å². The van der Waals surface area contributed by atoms with Gasteiger partial charge in [-0.1, -0.05) is 95.6 Å². The molecule has 3 aromatic carbocycles. The van der Waals surface area contributed by atoms with Crippen molar-refractivity contribution in [1.29, 1.82) is 0 Å². The molecule has 0 aliphatic carbocycles. The zero-order valence-corrected chi connectivity index (χ0v) is 19.3. The van der Waals surface area contributed by atoms with E-state index in [9.17, 15) is 8.42 Å². The Bertz CT molecular complexity index is 1230. The molecule has 1 aliphatic heterocycles. The number of rotatable bonds is 7. The van der Waals surface area contributed by atoms with E-state index in [-0.39, 0.29) is 17.5 Å². The Labute approximate surface area is 194 Å². The van der Waals surface area contributed by atoms with Gasteiger partial charge in [0.05, 0.1) is 4.90 Å². The molecule has 1 fully saturated rings. The van der Waals surface area contributed by atoms with Gasteiger partial charge in [0.2, 0.25) is 10.0 Å². The number of sulfonamides is 1. The Morgan fingerprint density at radius 1 is 1.00 bits per heavy atom. The van der Waals surface area contributed by atoms with Gasteiger partial charge in [-0.3, -0.25) is 0 Å². The van der Waals surface area contributed by atoms with Crippen LogP contribution in [0.3, 0.4) is 0 Å². The van der Waals surface area contributed by atoms with Crippen LogP contribution in [0.15, 0.2) is 107 Å². The molecule has 1 atom stereocenters. The fourth-order valence-electron chi connectivity index (χ4n) is 4.58. The SMILES string of the molecule is Cc1ccc(S(=O)(=O)N2CC(c3ccccc3)(c3ccccc3)CC2/C=C/CN=[N+]=[N-])cc1. The fourth-order valence-corrected chi connectivity index (χ4v) is 6.22. The van der Waals surface area contributed by atoms with Crippen LogP contribution in [0.1, 0.15) is 23.1 Å². The maximum atomic E-state index is 13.8. The molecule has 1 saturated heterocycles. The summed E-state index contributed by atoms with van der Waals surface area (Å²) in [6.07, 6.45) is 4.18. The average molecular weight is 459 g/mol. The van der Waals surface area contributed by atoms with Gasteiger partial charge in [0.1, 0.15) is 0 Å². The minimum absolute atomic E-state index is 0.176. The van der Waals surface area contributed by atoms with Gasteiger partial charge in [0.15, 0.2) is 0 Å². The molecule has 0 bridgehead atoms. The summed E-state index contributed by atoms with van der Waals surface area (Å²) in [6, 6.07) is 26.7. The Morgan fingerprint density at radius 2 is 1.58 bits per heavy atom. The monoisotopic (exact) mass is 458 g/mol. The normalized spacial score (nSPS) is 18.3. The maximum absolute atomic E-state index is 13.8.